The number of imidazole rings is 1. The van der Waals surface area contributed by atoms with Crippen molar-refractivity contribution in [1.82, 2.24) is 14.4 Å². The van der Waals surface area contributed by atoms with E-state index < -0.39 is 10.0 Å². The summed E-state index contributed by atoms with van der Waals surface area (Å²) in [5.74, 6) is 1.17. The molecule has 40 heavy (non-hydrogen) atoms. The van der Waals surface area contributed by atoms with E-state index in [4.69, 9.17) is 16.6 Å². The third-order valence-corrected chi connectivity index (χ3v) is 10.00. The van der Waals surface area contributed by atoms with Crippen LogP contribution in [0.3, 0.4) is 0 Å². The van der Waals surface area contributed by atoms with Crippen molar-refractivity contribution < 1.29 is 13.2 Å². The Morgan fingerprint density at radius 2 is 1.98 bits per heavy atom. The van der Waals surface area contributed by atoms with Crippen molar-refractivity contribution in [1.29, 1.82) is 0 Å². The number of hydrogen-bond donors (Lipinski definition) is 2. The van der Waals surface area contributed by atoms with Crippen LogP contribution in [0.5, 0.6) is 0 Å². The van der Waals surface area contributed by atoms with Crippen molar-refractivity contribution in [2.45, 2.75) is 44.1 Å². The molecule has 3 aromatic heterocycles. The lowest BCUT2D eigenvalue weighted by Gasteiger charge is -2.18. The maximum atomic E-state index is 12.8. The number of carbonyl (C=O) groups excluding carboxylic acids is 1. The zero-order valence-corrected chi connectivity index (χ0v) is 23.3. The van der Waals surface area contributed by atoms with Gasteiger partial charge >= 0.3 is 0 Å². The second-order valence-corrected chi connectivity index (χ2v) is 13.4. The summed E-state index contributed by atoms with van der Waals surface area (Å²) in [6, 6.07) is 13.3. The standard InChI is InChI=1S/C29H29ClN6O3S/c30-21-4-1-3-19(11-21)24-14-25(24)29(37)34-27-13-22(7-8-31-27)32-15-23-17-35-16-20(18-5-6-18)12-26(28(35)33-23)36-9-2-10-40(36,38)39/h1,3-4,7-8,11-13,16-18,24-25H,2,5-6,9-10,14-15H2,(H2,31,32,34,37)/t24?,25-/m0/s1. The first-order valence-electron chi connectivity index (χ1n) is 13.6. The molecular weight excluding hydrogens is 548 g/mol. The summed E-state index contributed by atoms with van der Waals surface area (Å²) in [5.41, 5.74) is 5.13. The fraction of sp³-hybridized carbons (Fsp3) is 0.345. The molecule has 7 rings (SSSR count). The molecule has 1 aromatic carbocycles. The maximum Gasteiger partial charge on any atom is 0.235 e. The summed E-state index contributed by atoms with van der Waals surface area (Å²) in [5, 5.41) is 6.98. The van der Waals surface area contributed by atoms with Crippen molar-refractivity contribution in [3.63, 3.8) is 0 Å². The van der Waals surface area contributed by atoms with Gasteiger partial charge in [-0.2, -0.15) is 0 Å². The summed E-state index contributed by atoms with van der Waals surface area (Å²) in [4.78, 5) is 22.0. The minimum atomic E-state index is -3.32. The number of carbonyl (C=O) groups is 1. The summed E-state index contributed by atoms with van der Waals surface area (Å²) in [6.45, 7) is 0.919. The third-order valence-electron chi connectivity index (χ3n) is 7.91. The van der Waals surface area contributed by atoms with Crippen LogP contribution in [0.25, 0.3) is 5.65 Å². The van der Waals surface area contributed by atoms with Crippen molar-refractivity contribution in [3.05, 3.63) is 82.9 Å². The Morgan fingerprint density at radius 1 is 1.10 bits per heavy atom. The van der Waals surface area contributed by atoms with Gasteiger partial charge in [-0.3, -0.25) is 9.10 Å². The molecule has 4 aromatic rings. The molecule has 4 heterocycles. The molecule has 3 fully saturated rings. The molecule has 2 atom stereocenters. The maximum absolute atomic E-state index is 12.8. The Morgan fingerprint density at radius 3 is 2.75 bits per heavy atom. The van der Waals surface area contributed by atoms with Crippen molar-refractivity contribution >= 4 is 50.4 Å². The molecule has 2 N–H and O–H groups in total. The first kappa shape index (κ1) is 25.3. The number of sulfonamides is 1. The van der Waals surface area contributed by atoms with E-state index in [2.05, 4.69) is 21.8 Å². The van der Waals surface area contributed by atoms with Crippen LogP contribution in [0.4, 0.5) is 17.2 Å². The van der Waals surface area contributed by atoms with Gasteiger partial charge in [0, 0.05) is 47.8 Å². The van der Waals surface area contributed by atoms with E-state index >= 15 is 0 Å². The van der Waals surface area contributed by atoms with E-state index in [9.17, 15) is 13.2 Å². The number of hydrogen-bond acceptors (Lipinski definition) is 6. The van der Waals surface area contributed by atoms with E-state index in [1.807, 2.05) is 47.0 Å². The number of aromatic nitrogens is 3. The van der Waals surface area contributed by atoms with E-state index in [1.54, 1.807) is 12.3 Å². The first-order valence-corrected chi connectivity index (χ1v) is 15.6. The molecule has 2 saturated carbocycles. The summed E-state index contributed by atoms with van der Waals surface area (Å²) >= 11 is 6.11. The molecular formula is C29H29ClN6O3S. The molecule has 3 aliphatic rings. The van der Waals surface area contributed by atoms with E-state index in [-0.39, 0.29) is 23.5 Å². The molecule has 0 radical (unpaired) electrons. The number of pyridine rings is 2. The molecule has 0 spiro atoms. The molecule has 2 aliphatic carbocycles. The Labute approximate surface area is 237 Å². The number of fused-ring (bicyclic) bond motifs is 1. The van der Waals surface area contributed by atoms with Gasteiger partial charge in [-0.15, -0.1) is 0 Å². The number of rotatable bonds is 8. The number of nitrogens with zero attached hydrogens (tertiary/aromatic N) is 4. The van der Waals surface area contributed by atoms with Crippen molar-refractivity contribution in [2.75, 3.05) is 27.2 Å². The van der Waals surface area contributed by atoms with Crippen LogP contribution in [0, 0.1) is 5.92 Å². The average molecular weight is 577 g/mol. The second kappa shape index (κ2) is 9.78. The van der Waals surface area contributed by atoms with Gasteiger partial charge in [0.05, 0.1) is 23.7 Å². The molecule has 1 aliphatic heterocycles. The van der Waals surface area contributed by atoms with Crippen LogP contribution in [-0.4, -0.2) is 41.0 Å². The summed E-state index contributed by atoms with van der Waals surface area (Å²) < 4.78 is 28.9. The average Bonchev–Trinajstić information content (AvgIpc) is 3.85. The third kappa shape index (κ3) is 5.01. The van der Waals surface area contributed by atoms with Gasteiger partial charge in [-0.25, -0.2) is 18.4 Å². The van der Waals surface area contributed by atoms with E-state index in [1.165, 1.54) is 4.31 Å². The van der Waals surface area contributed by atoms with Gasteiger partial charge in [0.1, 0.15) is 5.82 Å². The first-order chi connectivity index (χ1) is 19.3. The molecule has 1 unspecified atom stereocenters. The van der Waals surface area contributed by atoms with E-state index in [0.717, 1.165) is 41.8 Å². The highest BCUT2D eigenvalue weighted by Gasteiger charge is 2.44. The largest absolute Gasteiger partial charge is 0.379 e. The molecule has 0 bridgehead atoms. The lowest BCUT2D eigenvalue weighted by Crippen LogP contribution is -2.26. The fourth-order valence-electron chi connectivity index (χ4n) is 5.58. The zero-order valence-electron chi connectivity index (χ0n) is 21.8. The van der Waals surface area contributed by atoms with Crippen LogP contribution in [0.2, 0.25) is 5.02 Å². The van der Waals surface area contributed by atoms with Crippen LogP contribution < -0.4 is 14.9 Å². The van der Waals surface area contributed by atoms with Crippen LogP contribution in [0.1, 0.15) is 54.3 Å². The summed E-state index contributed by atoms with van der Waals surface area (Å²) in [6.07, 6.45) is 9.35. The van der Waals surface area contributed by atoms with Crippen molar-refractivity contribution in [3.8, 4) is 0 Å². The van der Waals surface area contributed by atoms with Gasteiger partial charge in [-0.05, 0) is 72.9 Å². The van der Waals surface area contributed by atoms with Gasteiger partial charge in [0.15, 0.2) is 5.65 Å². The highest BCUT2D eigenvalue weighted by molar-refractivity contribution is 7.93. The molecule has 1 saturated heterocycles. The predicted molar refractivity (Wildman–Crippen MR) is 155 cm³/mol. The van der Waals surface area contributed by atoms with Crippen LogP contribution in [-0.2, 0) is 21.4 Å². The normalized spacial score (nSPS) is 21.5. The Bertz CT molecular complexity index is 1730. The number of nitrogens with one attached hydrogen (secondary N) is 2. The number of anilines is 3. The van der Waals surface area contributed by atoms with Gasteiger partial charge in [0.25, 0.3) is 0 Å². The molecule has 9 nitrogen and oxygen atoms in total. The SMILES string of the molecule is O=C(Nc1cc(NCc2cn3cc(C4CC4)cc(N4CCCS4(=O)=O)c3n2)ccn1)[C@H]1CC1c1cccc(Cl)c1. The number of benzene rings is 1. The lowest BCUT2D eigenvalue weighted by molar-refractivity contribution is -0.117. The predicted octanol–water partition coefficient (Wildman–Crippen LogP) is 5.15. The van der Waals surface area contributed by atoms with Gasteiger partial charge in [-0.1, -0.05) is 23.7 Å². The number of halogens is 1. The van der Waals surface area contributed by atoms with E-state index in [0.29, 0.717) is 47.6 Å². The lowest BCUT2D eigenvalue weighted by atomic mass is 10.1. The quantitative estimate of drug-likeness (QED) is 0.300. The Balaban J connectivity index is 1.05. The topological polar surface area (TPSA) is 109 Å². The minimum Gasteiger partial charge on any atom is -0.379 e. The minimum absolute atomic E-state index is 0.0502. The van der Waals surface area contributed by atoms with Gasteiger partial charge < -0.3 is 15.0 Å². The zero-order chi connectivity index (χ0) is 27.4. The number of amides is 1. The molecule has 11 heteroatoms. The van der Waals surface area contributed by atoms with Gasteiger partial charge in [0.2, 0.25) is 15.9 Å². The second-order valence-electron chi connectivity index (χ2n) is 10.9. The monoisotopic (exact) mass is 576 g/mol. The Kier molecular flexibility index (Phi) is 6.20. The van der Waals surface area contributed by atoms with Crippen LogP contribution in [0.15, 0.2) is 61.1 Å². The fourth-order valence-corrected chi connectivity index (χ4v) is 7.34. The Hall–Kier alpha value is -3.63. The highest BCUT2D eigenvalue weighted by atomic mass is 35.5. The smallest absolute Gasteiger partial charge is 0.235 e. The molecule has 1 amide bonds. The van der Waals surface area contributed by atoms with Crippen LogP contribution >= 0.6 is 11.6 Å². The molecule has 206 valence electrons. The summed E-state index contributed by atoms with van der Waals surface area (Å²) in [7, 11) is -3.32. The van der Waals surface area contributed by atoms with Crippen molar-refractivity contribution in [2.24, 2.45) is 5.92 Å². The highest BCUT2D eigenvalue weighted by Crippen LogP contribution is 2.48.